The van der Waals surface area contributed by atoms with E-state index in [1.165, 1.54) is 0 Å². The van der Waals surface area contributed by atoms with Crippen LogP contribution in [0.1, 0.15) is 8.27 Å². The maximum Gasteiger partial charge on any atom is 0.346 e. The molecule has 0 fully saturated rings. The number of Topliss-reactive ketones (excluding diaryl/α,β-unsaturated/α-hetero) is 1. The molecule has 16 heavy (non-hydrogen) atoms. The van der Waals surface area contributed by atoms with Crippen molar-refractivity contribution >= 4 is 11.8 Å². The second-order valence-corrected chi connectivity index (χ2v) is 3.18. The molecule has 0 radical (unpaired) electrons. The second-order valence-electron chi connectivity index (χ2n) is 3.18. The average Bonchev–Trinajstić information content (AvgIpc) is 2.33. The molecular weight excluding hydrogens is 224 g/mol. The largest absolute Gasteiger partial charge is 0.479 e. The number of aliphatic carboxylic acids is 1. The summed E-state index contributed by atoms with van der Waals surface area (Å²) in [6, 6.07) is 0. The molecule has 0 aromatic carbocycles. The van der Waals surface area contributed by atoms with E-state index in [0.717, 1.165) is 0 Å². The molecule has 0 aliphatic rings. The van der Waals surface area contributed by atoms with Crippen molar-refractivity contribution in [3.8, 4) is 0 Å². The third kappa shape index (κ3) is 2.54. The predicted octanol–water partition coefficient (Wildman–Crippen LogP) is -3.53. The highest BCUT2D eigenvalue weighted by molar-refractivity contribution is 6.05. The van der Waals surface area contributed by atoms with Crippen LogP contribution in [0, 0.1) is 0 Å². The zero-order chi connectivity index (χ0) is 13.8. The van der Waals surface area contributed by atoms with Crippen molar-refractivity contribution < 1.29 is 41.6 Å². The Labute approximate surface area is 91.8 Å². The number of carboxylic acid groups (broad SMARTS) is 1. The fourth-order valence-electron chi connectivity index (χ4n) is 0.976. The summed E-state index contributed by atoms with van der Waals surface area (Å²) in [4.78, 5) is 21.8. The standard InChI is InChI=1S/C8H14O8/c1-3(10)8(16,7(14)15)6(13)5(12)4(11)2-9/h4-6,9,11-13,16H,2H2,1H3,(H,14,15)/t4-,5-,6+,8-/m1/s1/i1D. The van der Waals surface area contributed by atoms with Gasteiger partial charge in [0.25, 0.3) is 0 Å². The first-order chi connectivity index (χ1) is 7.73. The first-order valence-electron chi connectivity index (χ1n) is 4.87. The van der Waals surface area contributed by atoms with Gasteiger partial charge in [0.15, 0.2) is 5.78 Å². The average molecular weight is 239 g/mol. The Balaban J connectivity index is 5.21. The summed E-state index contributed by atoms with van der Waals surface area (Å²) in [5.74, 6) is -3.71. The van der Waals surface area contributed by atoms with Gasteiger partial charge in [-0.15, -0.1) is 0 Å². The van der Waals surface area contributed by atoms with E-state index >= 15 is 0 Å². The maximum atomic E-state index is 11.1. The number of rotatable bonds is 6. The van der Waals surface area contributed by atoms with Crippen LogP contribution in [-0.4, -0.2) is 72.9 Å². The van der Waals surface area contributed by atoms with Crippen LogP contribution >= 0.6 is 0 Å². The van der Waals surface area contributed by atoms with Gasteiger partial charge in [0.2, 0.25) is 5.60 Å². The van der Waals surface area contributed by atoms with Crippen LogP contribution in [-0.2, 0) is 9.59 Å². The van der Waals surface area contributed by atoms with Crippen molar-refractivity contribution in [1.82, 2.24) is 0 Å². The Morgan fingerprint density at radius 2 is 1.88 bits per heavy atom. The van der Waals surface area contributed by atoms with Gasteiger partial charge in [0.1, 0.15) is 18.3 Å². The van der Waals surface area contributed by atoms with E-state index in [9.17, 15) is 24.9 Å². The fourth-order valence-corrected chi connectivity index (χ4v) is 0.976. The number of aliphatic hydroxyl groups excluding tert-OH is 4. The van der Waals surface area contributed by atoms with E-state index < -0.39 is 49.2 Å². The summed E-state index contributed by atoms with van der Waals surface area (Å²) in [5, 5.41) is 54.1. The number of hydrogen-bond acceptors (Lipinski definition) is 7. The fraction of sp³-hybridized carbons (Fsp3) is 0.750. The maximum absolute atomic E-state index is 11.1. The zero-order valence-electron chi connectivity index (χ0n) is 9.15. The third-order valence-corrected chi connectivity index (χ3v) is 2.08. The van der Waals surface area contributed by atoms with Gasteiger partial charge in [0, 0.05) is 1.37 Å². The molecule has 0 bridgehead atoms. The molecule has 0 saturated heterocycles. The molecule has 4 atom stereocenters. The van der Waals surface area contributed by atoms with Gasteiger partial charge in [-0.2, -0.15) is 0 Å². The second kappa shape index (κ2) is 5.32. The number of hydrogen-bond donors (Lipinski definition) is 6. The minimum atomic E-state index is -3.41. The van der Waals surface area contributed by atoms with Crippen LogP contribution in [0.2, 0.25) is 0 Å². The Hall–Kier alpha value is -1.06. The van der Waals surface area contributed by atoms with Gasteiger partial charge in [-0.25, -0.2) is 4.79 Å². The SMILES string of the molecule is [2H]CC(=O)[C@](O)(C(=O)O)[C@@H](O)[C@H](O)[C@H](O)CO. The molecule has 0 aliphatic heterocycles. The number of carbonyl (C=O) groups is 2. The van der Waals surface area contributed by atoms with Gasteiger partial charge in [0.05, 0.1) is 6.61 Å². The summed E-state index contributed by atoms with van der Waals surface area (Å²) in [7, 11) is 0. The molecule has 0 heterocycles. The number of aliphatic hydroxyl groups is 5. The molecule has 0 amide bonds. The monoisotopic (exact) mass is 239 g/mol. The lowest BCUT2D eigenvalue weighted by Crippen LogP contribution is -2.61. The summed E-state index contributed by atoms with van der Waals surface area (Å²) in [6.45, 7) is -2.15. The van der Waals surface area contributed by atoms with Gasteiger partial charge < -0.3 is 30.6 Å². The molecule has 0 aromatic rings. The van der Waals surface area contributed by atoms with Crippen LogP contribution < -0.4 is 0 Å². The van der Waals surface area contributed by atoms with Crippen molar-refractivity contribution in [3.63, 3.8) is 0 Å². The lowest BCUT2D eigenvalue weighted by molar-refractivity contribution is -0.192. The first-order valence-corrected chi connectivity index (χ1v) is 4.16. The van der Waals surface area contributed by atoms with E-state index in [1.54, 1.807) is 0 Å². The summed E-state index contributed by atoms with van der Waals surface area (Å²) in [5.41, 5.74) is -3.41. The van der Waals surface area contributed by atoms with Gasteiger partial charge in [-0.1, -0.05) is 0 Å². The summed E-state index contributed by atoms with van der Waals surface area (Å²) >= 11 is 0. The molecule has 0 aliphatic carbocycles. The molecule has 8 nitrogen and oxygen atoms in total. The van der Waals surface area contributed by atoms with Crippen molar-refractivity contribution in [2.24, 2.45) is 0 Å². The summed E-state index contributed by atoms with van der Waals surface area (Å²) < 4.78 is 6.67. The molecule has 6 N–H and O–H groups in total. The smallest absolute Gasteiger partial charge is 0.346 e. The van der Waals surface area contributed by atoms with Gasteiger partial charge >= 0.3 is 5.97 Å². The molecular formula is C8H14O8. The van der Waals surface area contributed by atoms with Crippen LogP contribution in [0.5, 0.6) is 0 Å². The molecule has 0 unspecified atom stereocenters. The topological polar surface area (TPSA) is 156 Å². The quantitative estimate of drug-likeness (QED) is 0.260. The highest BCUT2D eigenvalue weighted by Gasteiger charge is 2.52. The van der Waals surface area contributed by atoms with Crippen molar-refractivity contribution in [1.29, 1.82) is 0 Å². The molecule has 94 valence electrons. The van der Waals surface area contributed by atoms with E-state index in [1.807, 2.05) is 0 Å². The lowest BCUT2D eigenvalue weighted by atomic mass is 9.87. The van der Waals surface area contributed by atoms with Gasteiger partial charge in [-0.05, 0) is 6.90 Å². The van der Waals surface area contributed by atoms with Crippen molar-refractivity contribution in [3.05, 3.63) is 0 Å². The minimum Gasteiger partial charge on any atom is -0.479 e. The van der Waals surface area contributed by atoms with Crippen LogP contribution in [0.3, 0.4) is 0 Å². The highest BCUT2D eigenvalue weighted by atomic mass is 16.4. The van der Waals surface area contributed by atoms with Crippen LogP contribution in [0.15, 0.2) is 0 Å². The first kappa shape index (κ1) is 13.0. The molecule has 0 aromatic heterocycles. The highest BCUT2D eigenvalue weighted by Crippen LogP contribution is 2.18. The number of ketones is 1. The minimum absolute atomic E-state index is 1.01. The normalized spacial score (nSPS) is 21.4. The predicted molar refractivity (Wildman–Crippen MR) is 48.4 cm³/mol. The Morgan fingerprint density at radius 3 is 2.19 bits per heavy atom. The van der Waals surface area contributed by atoms with Crippen LogP contribution in [0.4, 0.5) is 0 Å². The number of carboxylic acids is 1. The van der Waals surface area contributed by atoms with E-state index in [-0.39, 0.29) is 0 Å². The third-order valence-electron chi connectivity index (χ3n) is 2.08. The van der Waals surface area contributed by atoms with E-state index in [2.05, 4.69) is 0 Å². The molecule has 0 spiro atoms. The number of carbonyl (C=O) groups excluding carboxylic acids is 1. The van der Waals surface area contributed by atoms with Crippen molar-refractivity contribution in [2.45, 2.75) is 30.8 Å². The summed E-state index contributed by atoms with van der Waals surface area (Å²) in [6.07, 6.45) is -6.76. The van der Waals surface area contributed by atoms with Crippen LogP contribution in [0.25, 0.3) is 0 Å². The Kier molecular flexibility index (Phi) is 4.33. The lowest BCUT2D eigenvalue weighted by Gasteiger charge is -2.31. The molecule has 8 heteroatoms. The van der Waals surface area contributed by atoms with E-state index in [0.29, 0.717) is 0 Å². The molecule has 0 rings (SSSR count). The Morgan fingerprint density at radius 1 is 1.38 bits per heavy atom. The molecule has 0 saturated carbocycles. The van der Waals surface area contributed by atoms with E-state index in [4.69, 9.17) is 16.7 Å². The van der Waals surface area contributed by atoms with Crippen molar-refractivity contribution in [2.75, 3.05) is 6.61 Å². The Bertz CT molecular complexity index is 295. The zero-order valence-corrected chi connectivity index (χ0v) is 8.15. The van der Waals surface area contributed by atoms with Gasteiger partial charge in [-0.3, -0.25) is 4.79 Å².